The van der Waals surface area contributed by atoms with Crippen molar-refractivity contribution in [3.05, 3.63) is 40.1 Å². The SMILES string of the molecule is Cc1cc(C)c2nc(-c3cncs3)nc(Cl)c2c1. The van der Waals surface area contributed by atoms with E-state index in [1.807, 2.05) is 19.9 Å². The molecule has 18 heavy (non-hydrogen) atoms. The number of hydrogen-bond donors (Lipinski definition) is 0. The van der Waals surface area contributed by atoms with Crippen molar-refractivity contribution in [2.75, 3.05) is 0 Å². The molecule has 5 heteroatoms. The Bertz CT molecular complexity index is 723. The molecule has 2 heterocycles. The first-order valence-corrected chi connectivity index (χ1v) is 6.74. The molecule has 3 aromatic rings. The van der Waals surface area contributed by atoms with Gasteiger partial charge in [-0.1, -0.05) is 23.2 Å². The monoisotopic (exact) mass is 275 g/mol. The molecule has 2 aromatic heterocycles. The third kappa shape index (κ3) is 1.87. The summed E-state index contributed by atoms with van der Waals surface area (Å²) in [4.78, 5) is 13.9. The van der Waals surface area contributed by atoms with Gasteiger partial charge in [-0.05, 0) is 25.5 Å². The molecule has 3 rings (SSSR count). The normalized spacial score (nSPS) is 11.1. The smallest absolute Gasteiger partial charge is 0.173 e. The van der Waals surface area contributed by atoms with Gasteiger partial charge in [0.2, 0.25) is 0 Å². The van der Waals surface area contributed by atoms with Gasteiger partial charge >= 0.3 is 0 Å². The van der Waals surface area contributed by atoms with E-state index in [0.717, 1.165) is 26.9 Å². The number of benzene rings is 1. The molecule has 0 radical (unpaired) electrons. The Hall–Kier alpha value is -1.52. The minimum Gasteiger partial charge on any atom is -0.252 e. The lowest BCUT2D eigenvalue weighted by Crippen LogP contribution is -1.93. The lowest BCUT2D eigenvalue weighted by Gasteiger charge is -2.06. The van der Waals surface area contributed by atoms with Crippen molar-refractivity contribution in [1.29, 1.82) is 0 Å². The first-order chi connectivity index (χ1) is 8.65. The van der Waals surface area contributed by atoms with E-state index in [0.29, 0.717) is 11.0 Å². The van der Waals surface area contributed by atoms with E-state index in [1.165, 1.54) is 11.3 Å². The Labute approximate surface area is 114 Å². The molecule has 90 valence electrons. The highest BCUT2D eigenvalue weighted by Gasteiger charge is 2.11. The van der Waals surface area contributed by atoms with Gasteiger partial charge in [0.05, 0.1) is 15.9 Å². The highest BCUT2D eigenvalue weighted by molar-refractivity contribution is 7.13. The average molecular weight is 276 g/mol. The number of nitrogens with zero attached hydrogens (tertiary/aromatic N) is 3. The van der Waals surface area contributed by atoms with Crippen molar-refractivity contribution in [3.8, 4) is 10.7 Å². The number of aryl methyl sites for hydroxylation is 2. The van der Waals surface area contributed by atoms with Crippen LogP contribution in [0, 0.1) is 13.8 Å². The van der Waals surface area contributed by atoms with Gasteiger partial charge in [-0.2, -0.15) is 0 Å². The first kappa shape index (κ1) is 11.6. The molecule has 0 N–H and O–H groups in total. The predicted molar refractivity (Wildman–Crippen MR) is 75.1 cm³/mol. The summed E-state index contributed by atoms with van der Waals surface area (Å²) in [5.74, 6) is 0.641. The maximum atomic E-state index is 6.26. The molecule has 0 unspecified atom stereocenters. The molecule has 0 fully saturated rings. The summed E-state index contributed by atoms with van der Waals surface area (Å²) in [7, 11) is 0. The fraction of sp³-hybridized carbons (Fsp3) is 0.154. The minimum absolute atomic E-state index is 0.496. The van der Waals surface area contributed by atoms with E-state index in [9.17, 15) is 0 Å². The van der Waals surface area contributed by atoms with Gasteiger partial charge in [0.15, 0.2) is 5.82 Å². The summed E-state index contributed by atoms with van der Waals surface area (Å²) in [5.41, 5.74) is 4.94. The zero-order valence-corrected chi connectivity index (χ0v) is 11.5. The molecule has 0 spiro atoms. The molecule has 0 aliphatic heterocycles. The first-order valence-electron chi connectivity index (χ1n) is 5.48. The van der Waals surface area contributed by atoms with Crippen LogP contribution in [0.1, 0.15) is 11.1 Å². The third-order valence-electron chi connectivity index (χ3n) is 2.74. The molecule has 0 aliphatic rings. The topological polar surface area (TPSA) is 38.7 Å². The lowest BCUT2D eigenvalue weighted by atomic mass is 10.1. The molecule has 0 bridgehead atoms. The van der Waals surface area contributed by atoms with Crippen molar-refractivity contribution in [2.24, 2.45) is 0 Å². The number of rotatable bonds is 1. The summed E-state index contributed by atoms with van der Waals surface area (Å²) in [6, 6.07) is 4.11. The Morgan fingerprint density at radius 3 is 2.72 bits per heavy atom. The quantitative estimate of drug-likeness (QED) is 0.630. The summed E-state index contributed by atoms with van der Waals surface area (Å²) in [6.45, 7) is 4.08. The summed E-state index contributed by atoms with van der Waals surface area (Å²) >= 11 is 7.76. The molecule has 0 saturated heterocycles. The zero-order chi connectivity index (χ0) is 12.7. The van der Waals surface area contributed by atoms with E-state index >= 15 is 0 Å². The third-order valence-corrected chi connectivity index (χ3v) is 3.80. The zero-order valence-electron chi connectivity index (χ0n) is 9.94. The Balaban J connectivity index is 2.34. The van der Waals surface area contributed by atoms with Crippen molar-refractivity contribution in [2.45, 2.75) is 13.8 Å². The predicted octanol–water partition coefficient (Wildman–Crippen LogP) is 4.02. The minimum atomic E-state index is 0.496. The highest BCUT2D eigenvalue weighted by atomic mass is 35.5. The molecular formula is C13H10ClN3S. The van der Waals surface area contributed by atoms with Gasteiger partial charge in [-0.15, -0.1) is 11.3 Å². The summed E-state index contributed by atoms with van der Waals surface area (Å²) in [5, 5.41) is 1.40. The molecule has 0 atom stereocenters. The molecule has 0 saturated carbocycles. The second kappa shape index (κ2) is 4.30. The van der Waals surface area contributed by atoms with Crippen LogP contribution in [-0.4, -0.2) is 15.0 Å². The number of halogens is 1. The van der Waals surface area contributed by atoms with Gasteiger partial charge in [0.1, 0.15) is 5.15 Å². The van der Waals surface area contributed by atoms with Gasteiger partial charge < -0.3 is 0 Å². The standard InChI is InChI=1S/C13H10ClN3S/c1-7-3-8(2)11-9(4-7)12(14)17-13(16-11)10-5-15-6-18-10/h3-6H,1-2H3. The number of thiazole rings is 1. The maximum Gasteiger partial charge on any atom is 0.173 e. The largest absolute Gasteiger partial charge is 0.252 e. The van der Waals surface area contributed by atoms with Crippen molar-refractivity contribution in [3.63, 3.8) is 0 Å². The second-order valence-corrected chi connectivity index (χ2v) is 5.43. The van der Waals surface area contributed by atoms with Gasteiger partial charge in [0, 0.05) is 11.6 Å². The van der Waals surface area contributed by atoms with Gasteiger partial charge in [-0.25, -0.2) is 9.97 Å². The van der Waals surface area contributed by atoms with E-state index in [1.54, 1.807) is 11.7 Å². The number of aromatic nitrogens is 3. The van der Waals surface area contributed by atoms with E-state index in [-0.39, 0.29) is 0 Å². The van der Waals surface area contributed by atoms with Gasteiger partial charge in [-0.3, -0.25) is 4.98 Å². The Morgan fingerprint density at radius 1 is 1.17 bits per heavy atom. The van der Waals surface area contributed by atoms with E-state index in [4.69, 9.17) is 11.6 Å². The molecule has 0 amide bonds. The van der Waals surface area contributed by atoms with Crippen LogP contribution in [-0.2, 0) is 0 Å². The fourth-order valence-corrected chi connectivity index (χ4v) is 2.76. The van der Waals surface area contributed by atoms with Crippen LogP contribution in [0.5, 0.6) is 0 Å². The summed E-state index contributed by atoms with van der Waals surface area (Å²) in [6.07, 6.45) is 1.76. The van der Waals surface area contributed by atoms with Crippen LogP contribution in [0.15, 0.2) is 23.8 Å². The molecule has 0 aliphatic carbocycles. The van der Waals surface area contributed by atoms with Crippen molar-refractivity contribution < 1.29 is 0 Å². The summed E-state index contributed by atoms with van der Waals surface area (Å²) < 4.78 is 0. The van der Waals surface area contributed by atoms with Crippen LogP contribution in [0.4, 0.5) is 0 Å². The van der Waals surface area contributed by atoms with Crippen molar-refractivity contribution in [1.82, 2.24) is 15.0 Å². The number of fused-ring (bicyclic) bond motifs is 1. The molecular weight excluding hydrogens is 266 g/mol. The van der Waals surface area contributed by atoms with Crippen LogP contribution < -0.4 is 0 Å². The van der Waals surface area contributed by atoms with Crippen molar-refractivity contribution >= 4 is 33.8 Å². The Morgan fingerprint density at radius 2 is 2.00 bits per heavy atom. The van der Waals surface area contributed by atoms with E-state index < -0.39 is 0 Å². The number of hydrogen-bond acceptors (Lipinski definition) is 4. The maximum absolute atomic E-state index is 6.26. The molecule has 1 aromatic carbocycles. The molecule has 3 nitrogen and oxygen atoms in total. The second-order valence-electron chi connectivity index (χ2n) is 4.18. The van der Waals surface area contributed by atoms with Crippen LogP contribution in [0.2, 0.25) is 5.15 Å². The van der Waals surface area contributed by atoms with Crippen LogP contribution in [0.25, 0.3) is 21.6 Å². The highest BCUT2D eigenvalue weighted by Crippen LogP contribution is 2.28. The van der Waals surface area contributed by atoms with E-state index in [2.05, 4.69) is 21.0 Å². The van der Waals surface area contributed by atoms with Crippen LogP contribution in [0.3, 0.4) is 0 Å². The Kier molecular flexibility index (Phi) is 2.76. The average Bonchev–Trinajstić information content (AvgIpc) is 2.83. The lowest BCUT2D eigenvalue weighted by molar-refractivity contribution is 1.22. The van der Waals surface area contributed by atoms with Crippen LogP contribution >= 0.6 is 22.9 Å². The fourth-order valence-electron chi connectivity index (χ4n) is 1.99. The van der Waals surface area contributed by atoms with Gasteiger partial charge in [0.25, 0.3) is 0 Å².